The number of hydrogen-bond donors (Lipinski definition) is 0. The molecule has 2 aromatic rings. The highest BCUT2D eigenvalue weighted by atomic mass is 35.5. The van der Waals surface area contributed by atoms with Crippen LogP contribution < -0.4 is 4.74 Å². The third kappa shape index (κ3) is 2.76. The van der Waals surface area contributed by atoms with Crippen molar-refractivity contribution in [1.29, 1.82) is 0 Å². The monoisotopic (exact) mass is 265 g/mol. The molecule has 0 unspecified atom stereocenters. The topological polar surface area (TPSA) is 65.7 Å². The van der Waals surface area contributed by atoms with Crippen LogP contribution in [0.1, 0.15) is 19.3 Å². The summed E-state index contributed by atoms with van der Waals surface area (Å²) in [5.74, 6) is 1.18. The van der Waals surface area contributed by atoms with Gasteiger partial charge in [-0.25, -0.2) is 4.68 Å². The molecule has 0 aromatic carbocycles. The van der Waals surface area contributed by atoms with Gasteiger partial charge in [-0.1, -0.05) is 12.8 Å². The van der Waals surface area contributed by atoms with Crippen molar-refractivity contribution >= 4 is 11.6 Å². The van der Waals surface area contributed by atoms with E-state index in [2.05, 4.69) is 20.1 Å². The maximum absolute atomic E-state index is 5.84. The van der Waals surface area contributed by atoms with E-state index >= 15 is 0 Å². The van der Waals surface area contributed by atoms with Crippen LogP contribution in [0.25, 0.3) is 5.95 Å². The van der Waals surface area contributed by atoms with Crippen molar-refractivity contribution in [3.05, 3.63) is 23.7 Å². The molecular weight excluding hydrogens is 254 g/mol. The van der Waals surface area contributed by atoms with Crippen LogP contribution >= 0.6 is 11.6 Å². The normalized spacial score (nSPS) is 14.7. The molecule has 18 heavy (non-hydrogen) atoms. The Balaban J connectivity index is 1.72. The summed E-state index contributed by atoms with van der Waals surface area (Å²) in [7, 11) is 0. The minimum Gasteiger partial charge on any atom is -0.463 e. The first-order chi connectivity index (χ1) is 8.81. The summed E-state index contributed by atoms with van der Waals surface area (Å²) in [5.41, 5.74) is 0. The molecule has 1 aliphatic rings. The minimum atomic E-state index is 0.108. The second kappa shape index (κ2) is 4.89. The molecule has 6 nitrogen and oxygen atoms in total. The molecule has 3 rings (SSSR count). The summed E-state index contributed by atoms with van der Waals surface area (Å²) < 4.78 is 7.00. The molecule has 0 atom stereocenters. The van der Waals surface area contributed by atoms with Crippen LogP contribution in [0.15, 0.2) is 18.5 Å². The van der Waals surface area contributed by atoms with Gasteiger partial charge >= 0.3 is 6.01 Å². The van der Waals surface area contributed by atoms with E-state index in [0.29, 0.717) is 12.6 Å². The van der Waals surface area contributed by atoms with Crippen LogP contribution in [0.4, 0.5) is 0 Å². The molecule has 1 fully saturated rings. The number of halogens is 1. The lowest BCUT2D eigenvalue weighted by Crippen LogP contribution is -2.08. The molecule has 0 N–H and O–H groups in total. The van der Waals surface area contributed by atoms with Crippen molar-refractivity contribution in [1.82, 2.24) is 24.7 Å². The second-order valence-corrected chi connectivity index (χ2v) is 4.56. The molecule has 0 aliphatic heterocycles. The molecule has 2 aromatic heterocycles. The zero-order valence-electron chi connectivity index (χ0n) is 9.66. The van der Waals surface area contributed by atoms with Gasteiger partial charge in [-0.15, -0.1) is 0 Å². The Morgan fingerprint density at radius 2 is 2.22 bits per heavy atom. The van der Waals surface area contributed by atoms with Gasteiger partial charge in [-0.2, -0.15) is 20.1 Å². The summed E-state index contributed by atoms with van der Waals surface area (Å²) in [6, 6.07) is 2.03. The largest absolute Gasteiger partial charge is 0.463 e. The fourth-order valence-corrected chi connectivity index (χ4v) is 1.75. The average molecular weight is 266 g/mol. The summed E-state index contributed by atoms with van der Waals surface area (Å²) >= 11 is 5.84. The van der Waals surface area contributed by atoms with Crippen molar-refractivity contribution < 1.29 is 4.74 Å². The van der Waals surface area contributed by atoms with E-state index in [4.69, 9.17) is 16.3 Å². The number of ether oxygens (including phenoxy) is 1. The fraction of sp³-hybridized carbons (Fsp3) is 0.455. The summed E-state index contributed by atoms with van der Waals surface area (Å²) in [5, 5.41) is 4.15. The number of hydrogen-bond acceptors (Lipinski definition) is 5. The van der Waals surface area contributed by atoms with E-state index in [0.717, 1.165) is 12.3 Å². The molecule has 2 heterocycles. The Kier molecular flexibility index (Phi) is 3.10. The Morgan fingerprint density at radius 3 is 2.94 bits per heavy atom. The third-order valence-corrected chi connectivity index (χ3v) is 2.91. The van der Waals surface area contributed by atoms with E-state index in [1.54, 1.807) is 18.5 Å². The first kappa shape index (κ1) is 11.4. The molecular formula is C11H12ClN5O. The quantitative estimate of drug-likeness (QED) is 0.826. The molecule has 94 valence electrons. The molecule has 0 spiro atoms. The van der Waals surface area contributed by atoms with Crippen molar-refractivity contribution in [3.8, 4) is 12.0 Å². The maximum Gasteiger partial charge on any atom is 0.322 e. The average Bonchev–Trinajstić information content (AvgIpc) is 3.01. The molecule has 0 amide bonds. The lowest BCUT2D eigenvalue weighted by molar-refractivity contribution is 0.278. The van der Waals surface area contributed by atoms with Gasteiger partial charge in [0.15, 0.2) is 0 Å². The summed E-state index contributed by atoms with van der Waals surface area (Å²) in [4.78, 5) is 12.1. The summed E-state index contributed by atoms with van der Waals surface area (Å²) in [6.45, 7) is 0.615. The molecule has 1 saturated carbocycles. The predicted molar refractivity (Wildman–Crippen MR) is 64.8 cm³/mol. The van der Waals surface area contributed by atoms with E-state index in [1.165, 1.54) is 17.5 Å². The van der Waals surface area contributed by atoms with Crippen molar-refractivity contribution in [2.45, 2.75) is 19.3 Å². The van der Waals surface area contributed by atoms with Crippen LogP contribution in [-0.2, 0) is 0 Å². The SMILES string of the molecule is Clc1nc(OCCC2CC2)nc(-n2cccn2)n1. The van der Waals surface area contributed by atoms with Crippen LogP contribution in [0.5, 0.6) is 6.01 Å². The van der Waals surface area contributed by atoms with E-state index in [-0.39, 0.29) is 11.3 Å². The zero-order chi connectivity index (χ0) is 12.4. The third-order valence-electron chi connectivity index (χ3n) is 2.74. The maximum atomic E-state index is 5.84. The van der Waals surface area contributed by atoms with Gasteiger partial charge in [0.25, 0.3) is 5.95 Å². The highest BCUT2D eigenvalue weighted by molar-refractivity contribution is 6.28. The standard InChI is InChI=1S/C11H12ClN5O/c12-9-14-10(17-6-1-5-13-17)16-11(15-9)18-7-4-8-2-3-8/h1,5-6,8H,2-4,7H2. The van der Waals surface area contributed by atoms with Gasteiger partial charge in [0.2, 0.25) is 5.28 Å². The van der Waals surface area contributed by atoms with Gasteiger partial charge in [-0.05, 0) is 30.0 Å². The Labute approximate surface area is 109 Å². The van der Waals surface area contributed by atoms with Crippen LogP contribution in [0.3, 0.4) is 0 Å². The molecule has 0 radical (unpaired) electrons. The van der Waals surface area contributed by atoms with Crippen LogP contribution in [0, 0.1) is 5.92 Å². The van der Waals surface area contributed by atoms with Crippen LogP contribution in [-0.4, -0.2) is 31.3 Å². The van der Waals surface area contributed by atoms with E-state index < -0.39 is 0 Å². The highest BCUT2D eigenvalue weighted by Gasteiger charge is 2.21. The van der Waals surface area contributed by atoms with Gasteiger partial charge in [0.1, 0.15) is 0 Å². The van der Waals surface area contributed by atoms with Crippen molar-refractivity contribution in [3.63, 3.8) is 0 Å². The van der Waals surface area contributed by atoms with Gasteiger partial charge < -0.3 is 4.74 Å². The van der Waals surface area contributed by atoms with E-state index in [9.17, 15) is 0 Å². The van der Waals surface area contributed by atoms with E-state index in [1.807, 2.05) is 0 Å². The van der Waals surface area contributed by atoms with Gasteiger partial charge in [0, 0.05) is 12.4 Å². The lowest BCUT2D eigenvalue weighted by Gasteiger charge is -2.05. The van der Waals surface area contributed by atoms with Gasteiger partial charge in [0.05, 0.1) is 6.61 Å². The zero-order valence-corrected chi connectivity index (χ0v) is 10.4. The number of aromatic nitrogens is 5. The fourth-order valence-electron chi connectivity index (χ4n) is 1.60. The number of nitrogens with zero attached hydrogens (tertiary/aromatic N) is 5. The lowest BCUT2D eigenvalue weighted by atomic mass is 10.3. The Bertz CT molecular complexity index is 526. The molecule has 0 bridgehead atoms. The Morgan fingerprint density at radius 1 is 1.33 bits per heavy atom. The smallest absolute Gasteiger partial charge is 0.322 e. The predicted octanol–water partition coefficient (Wildman–Crippen LogP) is 1.89. The van der Waals surface area contributed by atoms with Crippen LogP contribution in [0.2, 0.25) is 5.28 Å². The summed E-state index contributed by atoms with van der Waals surface area (Å²) in [6.07, 6.45) is 7.03. The van der Waals surface area contributed by atoms with Crippen molar-refractivity contribution in [2.75, 3.05) is 6.61 Å². The first-order valence-electron chi connectivity index (χ1n) is 5.85. The van der Waals surface area contributed by atoms with Gasteiger partial charge in [-0.3, -0.25) is 0 Å². The molecule has 1 aliphatic carbocycles. The first-order valence-corrected chi connectivity index (χ1v) is 6.23. The molecule has 7 heteroatoms. The van der Waals surface area contributed by atoms with Crippen molar-refractivity contribution in [2.24, 2.45) is 5.92 Å². The minimum absolute atomic E-state index is 0.108. The highest BCUT2D eigenvalue weighted by Crippen LogP contribution is 2.32. The second-order valence-electron chi connectivity index (χ2n) is 4.22. The number of rotatable bonds is 5. The Hall–Kier alpha value is -1.69. The molecule has 0 saturated heterocycles.